The summed E-state index contributed by atoms with van der Waals surface area (Å²) in [6.45, 7) is 0.211. The second-order valence-electron chi connectivity index (χ2n) is 4.14. The normalized spacial score (nSPS) is 10.3. The monoisotopic (exact) mass is 388 g/mol. The molecule has 0 aromatic heterocycles. The number of halogens is 3. The molecule has 0 fully saturated rings. The minimum absolute atomic E-state index is 0.211. The van der Waals surface area contributed by atoms with Crippen LogP contribution in [-0.4, -0.2) is 5.91 Å². The molecule has 21 heavy (non-hydrogen) atoms. The van der Waals surface area contributed by atoms with Crippen LogP contribution in [0.15, 0.2) is 40.9 Å². The van der Waals surface area contributed by atoms with E-state index < -0.39 is 5.91 Å². The summed E-state index contributed by atoms with van der Waals surface area (Å²) >= 11 is 15.2. The quantitative estimate of drug-likeness (QED) is 0.473. The van der Waals surface area contributed by atoms with E-state index in [4.69, 9.17) is 33.8 Å². The molecular formula is C14H11BrCl2N2O2. The van der Waals surface area contributed by atoms with Gasteiger partial charge in [0.05, 0.1) is 5.56 Å². The molecule has 0 heterocycles. The maximum absolute atomic E-state index is 11.7. The van der Waals surface area contributed by atoms with E-state index in [-0.39, 0.29) is 6.61 Å². The zero-order valence-corrected chi connectivity index (χ0v) is 13.8. The van der Waals surface area contributed by atoms with Crippen LogP contribution >= 0.6 is 39.1 Å². The van der Waals surface area contributed by atoms with Gasteiger partial charge in [-0.05, 0) is 30.3 Å². The van der Waals surface area contributed by atoms with E-state index >= 15 is 0 Å². The molecule has 0 aliphatic rings. The van der Waals surface area contributed by atoms with Crippen LogP contribution in [-0.2, 0) is 6.61 Å². The number of nitrogens with one attached hydrogen (secondary N) is 1. The minimum Gasteiger partial charge on any atom is -0.488 e. The van der Waals surface area contributed by atoms with Gasteiger partial charge in [-0.15, -0.1) is 0 Å². The Hall–Kier alpha value is -1.27. The lowest BCUT2D eigenvalue weighted by molar-refractivity contribution is 0.0949. The predicted octanol–water partition coefficient (Wildman–Crippen LogP) is 3.94. The summed E-state index contributed by atoms with van der Waals surface area (Å²) in [5.41, 5.74) is 3.18. The Balaban J connectivity index is 2.21. The van der Waals surface area contributed by atoms with Crippen LogP contribution in [0.3, 0.4) is 0 Å². The number of ether oxygens (including phenoxy) is 1. The van der Waals surface area contributed by atoms with Crippen molar-refractivity contribution in [2.24, 2.45) is 5.84 Å². The molecule has 0 saturated heterocycles. The zero-order valence-electron chi connectivity index (χ0n) is 10.7. The summed E-state index contributed by atoms with van der Waals surface area (Å²) in [5.74, 6) is 5.14. The number of benzene rings is 2. The van der Waals surface area contributed by atoms with Gasteiger partial charge in [-0.25, -0.2) is 5.84 Å². The van der Waals surface area contributed by atoms with E-state index in [0.29, 0.717) is 21.4 Å². The van der Waals surface area contributed by atoms with Gasteiger partial charge in [0.25, 0.3) is 5.91 Å². The van der Waals surface area contributed by atoms with E-state index in [0.717, 1.165) is 10.0 Å². The Labute approximate surface area is 140 Å². The molecule has 3 N–H and O–H groups in total. The molecule has 0 saturated carbocycles. The molecule has 0 spiro atoms. The second-order valence-corrected chi connectivity index (χ2v) is 5.90. The van der Waals surface area contributed by atoms with E-state index in [9.17, 15) is 4.79 Å². The highest BCUT2D eigenvalue weighted by Gasteiger charge is 2.13. The predicted molar refractivity (Wildman–Crippen MR) is 86.6 cm³/mol. The second kappa shape index (κ2) is 7.13. The first-order chi connectivity index (χ1) is 10.0. The van der Waals surface area contributed by atoms with Crippen molar-refractivity contribution in [2.75, 3.05) is 0 Å². The highest BCUT2D eigenvalue weighted by atomic mass is 79.9. The molecule has 2 aromatic rings. The van der Waals surface area contributed by atoms with E-state index in [1.807, 2.05) is 0 Å². The fourth-order valence-electron chi connectivity index (χ4n) is 1.68. The van der Waals surface area contributed by atoms with Gasteiger partial charge in [0.1, 0.15) is 12.4 Å². The first kappa shape index (κ1) is 16.1. The average molecular weight is 390 g/mol. The molecule has 0 bridgehead atoms. The SMILES string of the molecule is NNC(=O)c1cc(Br)ccc1OCc1ccc(Cl)cc1Cl. The number of hydrogen-bond acceptors (Lipinski definition) is 3. The Kier molecular flexibility index (Phi) is 5.47. The molecule has 4 nitrogen and oxygen atoms in total. The number of hydrazine groups is 1. The first-order valence-electron chi connectivity index (χ1n) is 5.88. The third-order valence-electron chi connectivity index (χ3n) is 2.72. The van der Waals surface area contributed by atoms with Gasteiger partial charge in [-0.2, -0.15) is 0 Å². The third kappa shape index (κ3) is 4.11. The van der Waals surface area contributed by atoms with Crippen LogP contribution in [0.4, 0.5) is 0 Å². The Bertz CT molecular complexity index is 680. The topological polar surface area (TPSA) is 64.3 Å². The van der Waals surface area contributed by atoms with Gasteiger partial charge in [-0.3, -0.25) is 10.2 Å². The minimum atomic E-state index is -0.437. The van der Waals surface area contributed by atoms with Gasteiger partial charge < -0.3 is 4.74 Å². The van der Waals surface area contributed by atoms with Gasteiger partial charge in [0, 0.05) is 20.1 Å². The van der Waals surface area contributed by atoms with Gasteiger partial charge in [0.15, 0.2) is 0 Å². The number of carbonyl (C=O) groups excluding carboxylic acids is 1. The summed E-state index contributed by atoms with van der Waals surface area (Å²) in [4.78, 5) is 11.7. The van der Waals surface area contributed by atoms with Crippen molar-refractivity contribution in [3.8, 4) is 5.75 Å². The van der Waals surface area contributed by atoms with Crippen LogP contribution in [0.1, 0.15) is 15.9 Å². The van der Waals surface area contributed by atoms with Crippen molar-refractivity contribution in [3.63, 3.8) is 0 Å². The lowest BCUT2D eigenvalue weighted by atomic mass is 10.2. The Morgan fingerprint density at radius 1 is 1.24 bits per heavy atom. The van der Waals surface area contributed by atoms with Crippen molar-refractivity contribution in [2.45, 2.75) is 6.61 Å². The number of carbonyl (C=O) groups is 1. The number of rotatable bonds is 4. The molecule has 7 heteroatoms. The van der Waals surface area contributed by atoms with Crippen LogP contribution < -0.4 is 16.0 Å². The molecule has 1 amide bonds. The standard InChI is InChI=1S/C14H11BrCl2N2O2/c15-9-2-4-13(11(5-9)14(20)19-18)21-7-8-1-3-10(16)6-12(8)17/h1-6H,7,18H2,(H,19,20). The van der Waals surface area contributed by atoms with Crippen LogP contribution in [0.5, 0.6) is 5.75 Å². The van der Waals surface area contributed by atoms with Crippen LogP contribution in [0, 0.1) is 0 Å². The third-order valence-corrected chi connectivity index (χ3v) is 3.80. The van der Waals surface area contributed by atoms with Crippen molar-refractivity contribution >= 4 is 45.0 Å². The first-order valence-corrected chi connectivity index (χ1v) is 7.43. The highest BCUT2D eigenvalue weighted by molar-refractivity contribution is 9.10. The molecule has 0 aliphatic carbocycles. The summed E-state index contributed by atoms with van der Waals surface area (Å²) in [6.07, 6.45) is 0. The molecule has 0 aliphatic heterocycles. The van der Waals surface area contributed by atoms with Crippen molar-refractivity contribution < 1.29 is 9.53 Å². The molecule has 2 aromatic carbocycles. The van der Waals surface area contributed by atoms with Crippen molar-refractivity contribution in [1.29, 1.82) is 0 Å². The maximum Gasteiger partial charge on any atom is 0.268 e. The van der Waals surface area contributed by atoms with E-state index in [2.05, 4.69) is 21.4 Å². The number of nitrogen functional groups attached to an aromatic ring is 1. The van der Waals surface area contributed by atoms with Gasteiger partial charge in [0.2, 0.25) is 0 Å². The van der Waals surface area contributed by atoms with Crippen LogP contribution in [0.25, 0.3) is 0 Å². The maximum atomic E-state index is 11.7. The number of amides is 1. The van der Waals surface area contributed by atoms with Gasteiger partial charge >= 0.3 is 0 Å². The zero-order chi connectivity index (χ0) is 15.4. The molecule has 0 radical (unpaired) electrons. The largest absolute Gasteiger partial charge is 0.488 e. The summed E-state index contributed by atoms with van der Waals surface area (Å²) in [7, 11) is 0. The molecule has 2 rings (SSSR count). The van der Waals surface area contributed by atoms with E-state index in [1.54, 1.807) is 36.4 Å². The molecule has 110 valence electrons. The molecular weight excluding hydrogens is 379 g/mol. The number of nitrogens with two attached hydrogens (primary N) is 1. The Morgan fingerprint density at radius 2 is 2.00 bits per heavy atom. The number of hydrogen-bond donors (Lipinski definition) is 2. The lowest BCUT2D eigenvalue weighted by Gasteiger charge is -2.12. The van der Waals surface area contributed by atoms with Crippen molar-refractivity contribution in [3.05, 3.63) is 62.0 Å². The highest BCUT2D eigenvalue weighted by Crippen LogP contribution is 2.26. The molecule has 0 unspecified atom stereocenters. The lowest BCUT2D eigenvalue weighted by Crippen LogP contribution is -2.30. The molecule has 0 atom stereocenters. The van der Waals surface area contributed by atoms with Crippen LogP contribution in [0.2, 0.25) is 10.0 Å². The van der Waals surface area contributed by atoms with Gasteiger partial charge in [-0.1, -0.05) is 45.2 Å². The fourth-order valence-corrected chi connectivity index (χ4v) is 2.50. The fraction of sp³-hybridized carbons (Fsp3) is 0.0714. The Morgan fingerprint density at radius 3 is 2.67 bits per heavy atom. The summed E-state index contributed by atoms with van der Waals surface area (Å²) < 4.78 is 6.41. The average Bonchev–Trinajstić information content (AvgIpc) is 2.46. The van der Waals surface area contributed by atoms with Crippen molar-refractivity contribution in [1.82, 2.24) is 5.43 Å². The smallest absolute Gasteiger partial charge is 0.268 e. The summed E-state index contributed by atoms with van der Waals surface area (Å²) in [6, 6.07) is 10.2. The summed E-state index contributed by atoms with van der Waals surface area (Å²) in [5, 5.41) is 1.06. The van der Waals surface area contributed by atoms with E-state index in [1.165, 1.54) is 0 Å².